The van der Waals surface area contributed by atoms with Crippen LogP contribution in [0.1, 0.15) is 26.2 Å². The van der Waals surface area contributed by atoms with E-state index >= 15 is 0 Å². The van der Waals surface area contributed by atoms with Crippen LogP contribution in [0.25, 0.3) is 0 Å². The first kappa shape index (κ1) is 14.3. The van der Waals surface area contributed by atoms with E-state index in [2.05, 4.69) is 20.3 Å². The Bertz CT molecular complexity index is 401. The molecule has 0 aliphatic heterocycles. The molecule has 1 heterocycles. The Labute approximate surface area is 117 Å². The zero-order valence-electron chi connectivity index (χ0n) is 11.1. The van der Waals surface area contributed by atoms with Crippen molar-refractivity contribution in [1.82, 2.24) is 15.0 Å². The molecule has 0 bridgehead atoms. The number of hydrogen-bond acceptors (Lipinski definition) is 6. The van der Waals surface area contributed by atoms with Gasteiger partial charge < -0.3 is 14.8 Å². The minimum atomic E-state index is 0.130. The highest BCUT2D eigenvalue weighted by molar-refractivity contribution is 6.28. The van der Waals surface area contributed by atoms with Crippen molar-refractivity contribution in [2.45, 2.75) is 26.2 Å². The minimum absolute atomic E-state index is 0.130. The molecule has 1 aromatic heterocycles. The monoisotopic (exact) mass is 286 g/mol. The van der Waals surface area contributed by atoms with Crippen molar-refractivity contribution < 1.29 is 9.47 Å². The first-order valence-corrected chi connectivity index (χ1v) is 7.01. The van der Waals surface area contributed by atoms with Crippen LogP contribution in [0.3, 0.4) is 0 Å². The molecule has 1 saturated carbocycles. The quantitative estimate of drug-likeness (QED) is 0.702. The molecule has 0 aromatic carbocycles. The summed E-state index contributed by atoms with van der Waals surface area (Å²) in [4.78, 5) is 11.9. The lowest BCUT2D eigenvalue weighted by atomic mass is 10.4. The predicted octanol–water partition coefficient (Wildman–Crippen LogP) is 2.15. The van der Waals surface area contributed by atoms with Crippen LogP contribution >= 0.6 is 11.6 Å². The smallest absolute Gasteiger partial charge is 0.322 e. The molecule has 0 atom stereocenters. The number of anilines is 1. The van der Waals surface area contributed by atoms with Crippen molar-refractivity contribution in [2.24, 2.45) is 5.92 Å². The third kappa shape index (κ3) is 5.57. The first-order valence-electron chi connectivity index (χ1n) is 6.64. The highest BCUT2D eigenvalue weighted by Gasteiger charge is 2.20. The number of aromatic nitrogens is 3. The van der Waals surface area contributed by atoms with Crippen molar-refractivity contribution in [3.63, 3.8) is 0 Å². The Morgan fingerprint density at radius 3 is 2.89 bits per heavy atom. The van der Waals surface area contributed by atoms with E-state index in [4.69, 9.17) is 21.1 Å². The molecule has 1 aliphatic rings. The van der Waals surface area contributed by atoms with Crippen molar-refractivity contribution in [3.05, 3.63) is 5.28 Å². The zero-order chi connectivity index (χ0) is 13.5. The molecule has 1 fully saturated rings. The van der Waals surface area contributed by atoms with Gasteiger partial charge in [-0.1, -0.05) is 0 Å². The molecule has 7 heteroatoms. The number of nitrogens with one attached hydrogen (secondary N) is 1. The summed E-state index contributed by atoms with van der Waals surface area (Å²) in [6.45, 7) is 4.74. The van der Waals surface area contributed by atoms with Crippen LogP contribution in [0, 0.1) is 5.92 Å². The second-order valence-electron chi connectivity index (χ2n) is 4.44. The molecule has 2 rings (SSSR count). The van der Waals surface area contributed by atoms with Gasteiger partial charge in [-0.05, 0) is 43.7 Å². The van der Waals surface area contributed by atoms with Gasteiger partial charge in [-0.15, -0.1) is 0 Å². The average molecular weight is 287 g/mol. The van der Waals surface area contributed by atoms with Crippen LogP contribution in [0.5, 0.6) is 6.01 Å². The molecule has 106 valence electrons. The topological polar surface area (TPSA) is 69.2 Å². The van der Waals surface area contributed by atoms with Gasteiger partial charge in [0.05, 0.1) is 6.61 Å². The molecular weight excluding hydrogens is 268 g/mol. The lowest BCUT2D eigenvalue weighted by Crippen LogP contribution is -2.10. The van der Waals surface area contributed by atoms with Crippen molar-refractivity contribution in [3.8, 4) is 6.01 Å². The third-order valence-electron chi connectivity index (χ3n) is 2.66. The van der Waals surface area contributed by atoms with E-state index in [-0.39, 0.29) is 11.3 Å². The highest BCUT2D eigenvalue weighted by Crippen LogP contribution is 2.28. The van der Waals surface area contributed by atoms with E-state index in [9.17, 15) is 0 Å². The highest BCUT2D eigenvalue weighted by atomic mass is 35.5. The Kier molecular flexibility index (Phi) is 5.60. The summed E-state index contributed by atoms with van der Waals surface area (Å²) in [5, 5.41) is 3.21. The molecule has 6 nitrogen and oxygen atoms in total. The van der Waals surface area contributed by atoms with Gasteiger partial charge >= 0.3 is 6.01 Å². The Morgan fingerprint density at radius 2 is 2.16 bits per heavy atom. The molecule has 0 saturated heterocycles. The van der Waals surface area contributed by atoms with Gasteiger partial charge in [0, 0.05) is 19.8 Å². The molecule has 0 unspecified atom stereocenters. The average Bonchev–Trinajstić information content (AvgIpc) is 3.17. The van der Waals surface area contributed by atoms with Crippen LogP contribution in [0.2, 0.25) is 5.28 Å². The lowest BCUT2D eigenvalue weighted by molar-refractivity contribution is 0.124. The summed E-state index contributed by atoms with van der Waals surface area (Å²) >= 11 is 5.78. The summed E-state index contributed by atoms with van der Waals surface area (Å²) in [6.07, 6.45) is 3.55. The van der Waals surface area contributed by atoms with Crippen LogP contribution < -0.4 is 10.1 Å². The van der Waals surface area contributed by atoms with E-state index in [0.717, 1.165) is 32.1 Å². The first-order chi connectivity index (χ1) is 9.28. The molecule has 0 amide bonds. The molecule has 0 radical (unpaired) electrons. The van der Waals surface area contributed by atoms with Gasteiger partial charge in [-0.25, -0.2) is 0 Å². The standard InChI is InChI=1S/C12H19ClN4O2/c1-2-19-12-16-10(13)15-11(17-12)14-6-3-7-18-8-9-4-5-9/h9H,2-8H2,1H3,(H,14,15,16,17). The Balaban J connectivity index is 1.65. The van der Waals surface area contributed by atoms with Crippen molar-refractivity contribution >= 4 is 17.5 Å². The number of hydrogen-bond donors (Lipinski definition) is 1. The third-order valence-corrected chi connectivity index (χ3v) is 2.83. The Morgan fingerprint density at radius 1 is 1.32 bits per heavy atom. The summed E-state index contributed by atoms with van der Waals surface area (Å²) in [5.41, 5.74) is 0. The molecule has 1 aromatic rings. The summed E-state index contributed by atoms with van der Waals surface area (Å²) in [5.74, 6) is 1.25. The molecular formula is C12H19ClN4O2. The molecule has 0 spiro atoms. The zero-order valence-corrected chi connectivity index (χ0v) is 11.8. The van der Waals surface area contributed by atoms with Gasteiger partial charge in [0.1, 0.15) is 0 Å². The van der Waals surface area contributed by atoms with Gasteiger partial charge in [0.25, 0.3) is 0 Å². The number of rotatable bonds is 9. The van der Waals surface area contributed by atoms with Crippen LogP contribution in [0.4, 0.5) is 5.95 Å². The van der Waals surface area contributed by atoms with Gasteiger partial charge in [0.2, 0.25) is 11.2 Å². The second kappa shape index (κ2) is 7.45. The van der Waals surface area contributed by atoms with E-state index in [1.807, 2.05) is 6.92 Å². The molecule has 19 heavy (non-hydrogen) atoms. The maximum atomic E-state index is 5.78. The summed E-state index contributed by atoms with van der Waals surface area (Å²) in [7, 11) is 0. The number of ether oxygens (including phenoxy) is 2. The predicted molar refractivity (Wildman–Crippen MR) is 72.7 cm³/mol. The number of halogens is 1. The van der Waals surface area contributed by atoms with E-state index < -0.39 is 0 Å². The molecule has 1 aliphatic carbocycles. The van der Waals surface area contributed by atoms with Gasteiger partial charge in [-0.2, -0.15) is 15.0 Å². The summed E-state index contributed by atoms with van der Waals surface area (Å²) < 4.78 is 10.7. The fourth-order valence-corrected chi connectivity index (χ4v) is 1.67. The van der Waals surface area contributed by atoms with Crippen LogP contribution in [-0.4, -0.2) is 41.3 Å². The Hall–Kier alpha value is -1.14. The second-order valence-corrected chi connectivity index (χ2v) is 4.78. The SMILES string of the molecule is CCOc1nc(Cl)nc(NCCCOCC2CC2)n1. The summed E-state index contributed by atoms with van der Waals surface area (Å²) in [6, 6.07) is 0.245. The van der Waals surface area contributed by atoms with E-state index in [0.29, 0.717) is 12.6 Å². The van der Waals surface area contributed by atoms with Gasteiger partial charge in [-0.3, -0.25) is 0 Å². The molecule has 1 N–H and O–H groups in total. The maximum absolute atomic E-state index is 5.78. The van der Waals surface area contributed by atoms with Crippen molar-refractivity contribution in [1.29, 1.82) is 0 Å². The van der Waals surface area contributed by atoms with Crippen molar-refractivity contribution in [2.75, 3.05) is 31.7 Å². The van der Waals surface area contributed by atoms with Gasteiger partial charge in [0.15, 0.2) is 0 Å². The fourth-order valence-electron chi connectivity index (χ4n) is 1.51. The normalized spacial score (nSPS) is 14.4. The van der Waals surface area contributed by atoms with E-state index in [1.165, 1.54) is 12.8 Å². The fraction of sp³-hybridized carbons (Fsp3) is 0.750. The number of nitrogens with zero attached hydrogens (tertiary/aromatic N) is 3. The largest absolute Gasteiger partial charge is 0.464 e. The van der Waals surface area contributed by atoms with Crippen LogP contribution in [0.15, 0.2) is 0 Å². The minimum Gasteiger partial charge on any atom is -0.464 e. The maximum Gasteiger partial charge on any atom is 0.322 e. The van der Waals surface area contributed by atoms with E-state index in [1.54, 1.807) is 0 Å². The lowest BCUT2D eigenvalue weighted by Gasteiger charge is -2.07. The van der Waals surface area contributed by atoms with Crippen LogP contribution in [-0.2, 0) is 4.74 Å².